The van der Waals surface area contributed by atoms with E-state index in [0.29, 0.717) is 0 Å². The molecular weight excluding hydrogens is 591 g/mol. The number of hydrogen-bond donors (Lipinski definition) is 0. The summed E-state index contributed by atoms with van der Waals surface area (Å²) in [6, 6.07) is 60.6. The maximum absolute atomic E-state index is 2.48. The van der Waals surface area contributed by atoms with Gasteiger partial charge in [-0.05, 0) is 109 Å². The third kappa shape index (κ3) is 4.60. The Balaban J connectivity index is 1.29. The van der Waals surface area contributed by atoms with Gasteiger partial charge in [0.15, 0.2) is 0 Å². The van der Waals surface area contributed by atoms with Crippen molar-refractivity contribution in [3.8, 4) is 44.5 Å². The number of fused-ring (bicyclic) bond motifs is 6. The van der Waals surface area contributed by atoms with E-state index < -0.39 is 0 Å². The summed E-state index contributed by atoms with van der Waals surface area (Å²) in [5.74, 6) is 0. The van der Waals surface area contributed by atoms with Crippen molar-refractivity contribution in [2.75, 3.05) is 4.90 Å². The van der Waals surface area contributed by atoms with E-state index in [9.17, 15) is 0 Å². The number of anilines is 3. The third-order valence-electron chi connectivity index (χ3n) is 11.0. The molecule has 0 bridgehead atoms. The Labute approximate surface area is 290 Å². The largest absolute Gasteiger partial charge is 0.310 e. The molecule has 1 heteroatoms. The van der Waals surface area contributed by atoms with Gasteiger partial charge in [-0.3, -0.25) is 0 Å². The standard InChI is InChI=1S/C48H39N/c1-47(2)43-21-13-11-19-39(43)41-25-23-36(30-45(41)47)49(37-24-26-42-40-20-12-14-22-44(40)48(3,4)46(42)31-37)38-28-34(32-15-7-5-8-16-32)27-35(29-38)33-17-9-6-10-18-33/h5-31H,1-4H3. The normalized spacial score (nSPS) is 14.4. The second-order valence-electron chi connectivity index (χ2n) is 14.6. The van der Waals surface area contributed by atoms with Crippen molar-refractivity contribution in [2.45, 2.75) is 38.5 Å². The first kappa shape index (κ1) is 29.5. The van der Waals surface area contributed by atoms with Crippen LogP contribution in [0.25, 0.3) is 44.5 Å². The second-order valence-corrected chi connectivity index (χ2v) is 14.6. The van der Waals surface area contributed by atoms with Gasteiger partial charge in [-0.2, -0.15) is 0 Å². The number of nitrogens with zero attached hydrogens (tertiary/aromatic N) is 1. The lowest BCUT2D eigenvalue weighted by Gasteiger charge is -2.30. The fourth-order valence-corrected chi connectivity index (χ4v) is 8.44. The molecule has 0 heterocycles. The molecule has 2 aliphatic rings. The molecule has 7 aromatic carbocycles. The van der Waals surface area contributed by atoms with E-state index in [1.165, 1.54) is 66.8 Å². The molecule has 49 heavy (non-hydrogen) atoms. The smallest absolute Gasteiger partial charge is 0.0473 e. The Morgan fingerprint density at radius 1 is 0.306 bits per heavy atom. The zero-order valence-corrected chi connectivity index (χ0v) is 28.5. The zero-order chi connectivity index (χ0) is 33.3. The summed E-state index contributed by atoms with van der Waals surface area (Å²) in [7, 11) is 0. The van der Waals surface area contributed by atoms with E-state index in [2.05, 4.69) is 196 Å². The highest BCUT2D eigenvalue weighted by atomic mass is 15.1. The van der Waals surface area contributed by atoms with Crippen LogP contribution in [0.2, 0.25) is 0 Å². The van der Waals surface area contributed by atoms with E-state index in [-0.39, 0.29) is 10.8 Å². The van der Waals surface area contributed by atoms with Crippen LogP contribution < -0.4 is 4.90 Å². The van der Waals surface area contributed by atoms with Crippen LogP contribution in [0.4, 0.5) is 17.1 Å². The van der Waals surface area contributed by atoms with E-state index >= 15 is 0 Å². The number of hydrogen-bond acceptors (Lipinski definition) is 1. The van der Waals surface area contributed by atoms with Crippen molar-refractivity contribution in [3.05, 3.63) is 186 Å². The summed E-state index contributed by atoms with van der Waals surface area (Å²) in [5.41, 5.74) is 18.9. The lowest BCUT2D eigenvalue weighted by Crippen LogP contribution is -2.18. The molecule has 0 fully saturated rings. The van der Waals surface area contributed by atoms with E-state index in [1.54, 1.807) is 0 Å². The molecule has 9 rings (SSSR count). The summed E-state index contributed by atoms with van der Waals surface area (Å²) in [4.78, 5) is 2.48. The minimum Gasteiger partial charge on any atom is -0.310 e. The maximum Gasteiger partial charge on any atom is 0.0473 e. The summed E-state index contributed by atoms with van der Waals surface area (Å²) in [6.45, 7) is 9.46. The Kier molecular flexibility index (Phi) is 6.58. The highest BCUT2D eigenvalue weighted by molar-refractivity contribution is 5.90. The Bertz CT molecular complexity index is 2210. The lowest BCUT2D eigenvalue weighted by atomic mass is 9.82. The fraction of sp³-hybridized carbons (Fsp3) is 0.125. The van der Waals surface area contributed by atoms with Gasteiger partial charge >= 0.3 is 0 Å². The number of benzene rings is 7. The molecule has 236 valence electrons. The van der Waals surface area contributed by atoms with Gasteiger partial charge in [0.05, 0.1) is 0 Å². The quantitative estimate of drug-likeness (QED) is 0.183. The summed E-state index contributed by atoms with van der Waals surface area (Å²) in [5, 5.41) is 0. The predicted octanol–water partition coefficient (Wildman–Crippen LogP) is 13.1. The molecule has 1 nitrogen and oxygen atoms in total. The summed E-state index contributed by atoms with van der Waals surface area (Å²) in [6.07, 6.45) is 0. The molecule has 0 N–H and O–H groups in total. The molecule has 0 amide bonds. The Morgan fingerprint density at radius 3 is 1.14 bits per heavy atom. The molecule has 0 unspecified atom stereocenters. The maximum atomic E-state index is 2.48. The molecule has 0 radical (unpaired) electrons. The topological polar surface area (TPSA) is 3.24 Å². The minimum absolute atomic E-state index is 0.101. The van der Waals surface area contributed by atoms with Crippen LogP contribution in [-0.2, 0) is 10.8 Å². The third-order valence-corrected chi connectivity index (χ3v) is 11.0. The molecule has 0 saturated heterocycles. The zero-order valence-electron chi connectivity index (χ0n) is 28.5. The molecular formula is C48H39N. The van der Waals surface area contributed by atoms with Gasteiger partial charge in [-0.25, -0.2) is 0 Å². The highest BCUT2D eigenvalue weighted by Gasteiger charge is 2.37. The van der Waals surface area contributed by atoms with Crippen molar-refractivity contribution in [3.63, 3.8) is 0 Å². The van der Waals surface area contributed by atoms with Gasteiger partial charge in [0.2, 0.25) is 0 Å². The van der Waals surface area contributed by atoms with Gasteiger partial charge in [0.1, 0.15) is 0 Å². The van der Waals surface area contributed by atoms with Gasteiger partial charge in [0, 0.05) is 27.9 Å². The average molecular weight is 630 g/mol. The predicted molar refractivity (Wildman–Crippen MR) is 207 cm³/mol. The second kappa shape index (κ2) is 10.9. The monoisotopic (exact) mass is 629 g/mol. The first-order valence-electron chi connectivity index (χ1n) is 17.4. The van der Waals surface area contributed by atoms with Crippen LogP contribution in [0, 0.1) is 0 Å². The minimum atomic E-state index is -0.101. The number of rotatable bonds is 5. The van der Waals surface area contributed by atoms with Crippen LogP contribution in [0.3, 0.4) is 0 Å². The van der Waals surface area contributed by atoms with Crippen LogP contribution in [0.5, 0.6) is 0 Å². The van der Waals surface area contributed by atoms with E-state index in [1.807, 2.05) is 0 Å². The van der Waals surface area contributed by atoms with E-state index in [4.69, 9.17) is 0 Å². The van der Waals surface area contributed by atoms with Gasteiger partial charge in [-0.1, -0.05) is 149 Å². The Hall–Kier alpha value is -5.66. The first-order valence-corrected chi connectivity index (χ1v) is 17.4. The van der Waals surface area contributed by atoms with Crippen molar-refractivity contribution >= 4 is 17.1 Å². The molecule has 0 aliphatic heterocycles. The van der Waals surface area contributed by atoms with Crippen LogP contribution in [0.1, 0.15) is 49.9 Å². The Morgan fingerprint density at radius 2 is 0.694 bits per heavy atom. The molecule has 0 atom stereocenters. The fourth-order valence-electron chi connectivity index (χ4n) is 8.44. The van der Waals surface area contributed by atoms with Crippen LogP contribution in [-0.4, -0.2) is 0 Å². The van der Waals surface area contributed by atoms with Crippen LogP contribution in [0.15, 0.2) is 164 Å². The van der Waals surface area contributed by atoms with Crippen molar-refractivity contribution in [1.82, 2.24) is 0 Å². The molecule has 2 aliphatic carbocycles. The average Bonchev–Trinajstić information content (AvgIpc) is 3.51. The molecule has 0 spiro atoms. The van der Waals surface area contributed by atoms with Gasteiger partial charge in [0.25, 0.3) is 0 Å². The summed E-state index contributed by atoms with van der Waals surface area (Å²) < 4.78 is 0. The highest BCUT2D eigenvalue weighted by Crippen LogP contribution is 2.53. The first-order chi connectivity index (χ1) is 23.8. The van der Waals surface area contributed by atoms with Crippen molar-refractivity contribution in [1.29, 1.82) is 0 Å². The molecule has 0 aromatic heterocycles. The van der Waals surface area contributed by atoms with Gasteiger partial charge in [-0.15, -0.1) is 0 Å². The summed E-state index contributed by atoms with van der Waals surface area (Å²) >= 11 is 0. The van der Waals surface area contributed by atoms with Crippen molar-refractivity contribution < 1.29 is 0 Å². The molecule has 7 aromatic rings. The van der Waals surface area contributed by atoms with E-state index in [0.717, 1.165) is 17.1 Å². The lowest BCUT2D eigenvalue weighted by molar-refractivity contribution is 0.660. The van der Waals surface area contributed by atoms with Gasteiger partial charge < -0.3 is 4.90 Å². The molecule has 0 saturated carbocycles. The SMILES string of the molecule is CC1(C)c2ccccc2-c2ccc(N(c3cc(-c4ccccc4)cc(-c4ccccc4)c3)c3ccc4c(c3)C(C)(C)c3ccccc3-4)cc21. The van der Waals surface area contributed by atoms with Crippen LogP contribution >= 0.6 is 0 Å². The van der Waals surface area contributed by atoms with Crippen molar-refractivity contribution in [2.24, 2.45) is 0 Å².